The predicted molar refractivity (Wildman–Crippen MR) is 76.4 cm³/mol. The SMILES string of the molecule is COc1ccc(CC(=O)N2CCOC(C(N)=NO)C2)cc1. The van der Waals surface area contributed by atoms with Crippen LogP contribution in [0, 0.1) is 0 Å². The number of oxime groups is 1. The van der Waals surface area contributed by atoms with Gasteiger partial charge in [0.15, 0.2) is 5.84 Å². The molecule has 0 aliphatic carbocycles. The summed E-state index contributed by atoms with van der Waals surface area (Å²) in [4.78, 5) is 13.9. The van der Waals surface area contributed by atoms with Crippen molar-refractivity contribution in [3.05, 3.63) is 29.8 Å². The second kappa shape index (κ2) is 6.94. The fourth-order valence-electron chi connectivity index (χ4n) is 2.15. The van der Waals surface area contributed by atoms with Crippen molar-refractivity contribution in [2.75, 3.05) is 26.8 Å². The lowest BCUT2D eigenvalue weighted by molar-refractivity contribution is -0.135. The van der Waals surface area contributed by atoms with E-state index < -0.39 is 6.10 Å². The van der Waals surface area contributed by atoms with Gasteiger partial charge in [-0.2, -0.15) is 0 Å². The summed E-state index contributed by atoms with van der Waals surface area (Å²) in [5.74, 6) is 0.723. The number of ether oxygens (including phenoxy) is 2. The van der Waals surface area contributed by atoms with Gasteiger partial charge in [-0.05, 0) is 17.7 Å². The van der Waals surface area contributed by atoms with Crippen LogP contribution in [0.25, 0.3) is 0 Å². The van der Waals surface area contributed by atoms with Crippen LogP contribution in [0.2, 0.25) is 0 Å². The van der Waals surface area contributed by atoms with Crippen molar-refractivity contribution in [1.82, 2.24) is 4.90 Å². The zero-order valence-electron chi connectivity index (χ0n) is 11.9. The minimum Gasteiger partial charge on any atom is -0.497 e. The first-order valence-electron chi connectivity index (χ1n) is 6.63. The quantitative estimate of drug-likeness (QED) is 0.358. The highest BCUT2D eigenvalue weighted by molar-refractivity contribution is 5.86. The van der Waals surface area contributed by atoms with Gasteiger partial charge in [-0.15, -0.1) is 0 Å². The van der Waals surface area contributed by atoms with Gasteiger partial charge in [-0.3, -0.25) is 4.79 Å². The van der Waals surface area contributed by atoms with Gasteiger partial charge in [0.2, 0.25) is 5.91 Å². The number of amides is 1. The zero-order valence-corrected chi connectivity index (χ0v) is 11.9. The van der Waals surface area contributed by atoms with Crippen LogP contribution in [-0.2, 0) is 16.0 Å². The molecule has 1 fully saturated rings. The van der Waals surface area contributed by atoms with Crippen molar-refractivity contribution in [2.45, 2.75) is 12.5 Å². The van der Waals surface area contributed by atoms with Gasteiger partial charge in [-0.1, -0.05) is 17.3 Å². The Morgan fingerprint density at radius 3 is 2.86 bits per heavy atom. The minimum absolute atomic E-state index is 0.0146. The number of hydrogen-bond acceptors (Lipinski definition) is 5. The molecule has 0 spiro atoms. The highest BCUT2D eigenvalue weighted by Gasteiger charge is 2.26. The van der Waals surface area contributed by atoms with Crippen LogP contribution in [0.3, 0.4) is 0 Å². The molecule has 1 aromatic rings. The Kier molecular flexibility index (Phi) is 4.99. The molecule has 1 saturated heterocycles. The summed E-state index contributed by atoms with van der Waals surface area (Å²) in [6.45, 7) is 1.17. The maximum Gasteiger partial charge on any atom is 0.227 e. The fraction of sp³-hybridized carbons (Fsp3) is 0.429. The van der Waals surface area contributed by atoms with Crippen LogP contribution in [0.4, 0.5) is 0 Å². The number of carbonyl (C=O) groups excluding carboxylic acids is 1. The number of morpholine rings is 1. The number of methoxy groups -OCH3 is 1. The summed E-state index contributed by atoms with van der Waals surface area (Å²) in [5, 5.41) is 11.6. The predicted octanol–water partition coefficient (Wildman–Crippen LogP) is 0.212. The summed E-state index contributed by atoms with van der Waals surface area (Å²) in [6, 6.07) is 7.36. The molecule has 0 bridgehead atoms. The molecule has 2 rings (SSSR count). The van der Waals surface area contributed by atoms with Crippen LogP contribution in [-0.4, -0.2) is 54.8 Å². The average molecular weight is 293 g/mol. The maximum atomic E-state index is 12.3. The lowest BCUT2D eigenvalue weighted by atomic mass is 10.1. The van der Waals surface area contributed by atoms with Crippen molar-refractivity contribution in [2.24, 2.45) is 10.9 Å². The van der Waals surface area contributed by atoms with Crippen molar-refractivity contribution >= 4 is 11.7 Å². The molecule has 1 atom stereocenters. The smallest absolute Gasteiger partial charge is 0.227 e. The van der Waals surface area contributed by atoms with Crippen molar-refractivity contribution in [3.63, 3.8) is 0 Å². The summed E-state index contributed by atoms with van der Waals surface area (Å²) < 4.78 is 10.4. The Bertz CT molecular complexity index is 515. The Labute approximate surface area is 122 Å². The van der Waals surface area contributed by atoms with Crippen LogP contribution < -0.4 is 10.5 Å². The van der Waals surface area contributed by atoms with Crippen LogP contribution in [0.15, 0.2) is 29.4 Å². The molecule has 1 heterocycles. The van der Waals surface area contributed by atoms with Crippen molar-refractivity contribution < 1.29 is 19.5 Å². The molecule has 3 N–H and O–H groups in total. The molecule has 1 aromatic carbocycles. The van der Waals surface area contributed by atoms with E-state index in [1.165, 1.54) is 0 Å². The standard InChI is InChI=1S/C14H19N3O4/c1-20-11-4-2-10(3-5-11)8-13(18)17-6-7-21-12(9-17)14(15)16-19/h2-5,12,19H,6-9H2,1H3,(H2,15,16). The van der Waals surface area contributed by atoms with E-state index in [2.05, 4.69) is 5.16 Å². The van der Waals surface area contributed by atoms with E-state index in [0.717, 1.165) is 11.3 Å². The van der Waals surface area contributed by atoms with Gasteiger partial charge in [0.1, 0.15) is 11.9 Å². The lowest BCUT2D eigenvalue weighted by Crippen LogP contribution is -2.50. The molecular formula is C14H19N3O4. The molecular weight excluding hydrogens is 274 g/mol. The molecule has 7 nitrogen and oxygen atoms in total. The first kappa shape index (κ1) is 15.1. The number of hydrogen-bond donors (Lipinski definition) is 2. The Morgan fingerprint density at radius 1 is 1.52 bits per heavy atom. The van der Waals surface area contributed by atoms with Crippen molar-refractivity contribution in [3.8, 4) is 5.75 Å². The van der Waals surface area contributed by atoms with Gasteiger partial charge >= 0.3 is 0 Å². The second-order valence-corrected chi connectivity index (χ2v) is 4.75. The average Bonchev–Trinajstić information content (AvgIpc) is 2.55. The van der Waals surface area contributed by atoms with Gasteiger partial charge in [-0.25, -0.2) is 0 Å². The number of benzene rings is 1. The third-order valence-electron chi connectivity index (χ3n) is 3.38. The number of rotatable bonds is 4. The topological polar surface area (TPSA) is 97.4 Å². The highest BCUT2D eigenvalue weighted by Crippen LogP contribution is 2.13. The van der Waals surface area contributed by atoms with E-state index in [-0.39, 0.29) is 11.7 Å². The molecule has 1 amide bonds. The fourth-order valence-corrected chi connectivity index (χ4v) is 2.15. The molecule has 0 aromatic heterocycles. The van der Waals surface area contributed by atoms with Crippen molar-refractivity contribution in [1.29, 1.82) is 0 Å². The van der Waals surface area contributed by atoms with E-state index in [0.29, 0.717) is 26.1 Å². The van der Waals surface area contributed by atoms with Crippen LogP contribution in [0.5, 0.6) is 5.75 Å². The number of carbonyl (C=O) groups is 1. The first-order valence-corrected chi connectivity index (χ1v) is 6.63. The summed E-state index contributed by atoms with van der Waals surface area (Å²) in [6.07, 6.45) is -0.254. The van der Waals surface area contributed by atoms with E-state index in [1.807, 2.05) is 24.3 Å². The largest absolute Gasteiger partial charge is 0.497 e. The van der Waals surface area contributed by atoms with Crippen LogP contribution in [0.1, 0.15) is 5.56 Å². The zero-order chi connectivity index (χ0) is 15.2. The van der Waals surface area contributed by atoms with Gasteiger partial charge < -0.3 is 25.3 Å². The number of amidine groups is 1. The first-order chi connectivity index (χ1) is 10.1. The molecule has 21 heavy (non-hydrogen) atoms. The van der Waals surface area contributed by atoms with E-state index in [4.69, 9.17) is 20.4 Å². The molecule has 1 unspecified atom stereocenters. The van der Waals surface area contributed by atoms with E-state index in [9.17, 15) is 4.79 Å². The summed E-state index contributed by atoms with van der Waals surface area (Å²) in [5.41, 5.74) is 6.43. The summed E-state index contributed by atoms with van der Waals surface area (Å²) in [7, 11) is 1.60. The molecule has 1 aliphatic rings. The Balaban J connectivity index is 1.95. The van der Waals surface area contributed by atoms with E-state index >= 15 is 0 Å². The molecule has 114 valence electrons. The lowest BCUT2D eigenvalue weighted by Gasteiger charge is -2.32. The minimum atomic E-state index is -0.552. The third-order valence-corrected chi connectivity index (χ3v) is 3.38. The molecule has 7 heteroatoms. The molecule has 1 aliphatic heterocycles. The van der Waals surface area contributed by atoms with Gasteiger partial charge in [0, 0.05) is 6.54 Å². The second-order valence-electron chi connectivity index (χ2n) is 4.75. The Morgan fingerprint density at radius 2 is 2.24 bits per heavy atom. The summed E-state index contributed by atoms with van der Waals surface area (Å²) >= 11 is 0. The van der Waals surface area contributed by atoms with Gasteiger partial charge in [0.05, 0.1) is 26.7 Å². The molecule has 0 radical (unpaired) electrons. The maximum absolute atomic E-state index is 12.3. The van der Waals surface area contributed by atoms with Gasteiger partial charge in [0.25, 0.3) is 0 Å². The van der Waals surface area contributed by atoms with E-state index in [1.54, 1.807) is 12.0 Å². The number of nitrogens with two attached hydrogens (primary N) is 1. The van der Waals surface area contributed by atoms with Crippen LogP contribution >= 0.6 is 0 Å². The number of nitrogens with zero attached hydrogens (tertiary/aromatic N) is 2. The third kappa shape index (κ3) is 3.85. The monoisotopic (exact) mass is 293 g/mol. The normalized spacial score (nSPS) is 19.4. The highest BCUT2D eigenvalue weighted by atomic mass is 16.5. The molecule has 0 saturated carbocycles. The Hall–Kier alpha value is -2.28.